The van der Waals surface area contributed by atoms with Crippen LogP contribution in [-0.2, 0) is 14.3 Å². The van der Waals surface area contributed by atoms with Gasteiger partial charge in [-0.15, -0.1) is 0 Å². The van der Waals surface area contributed by atoms with Crippen molar-refractivity contribution in [3.8, 4) is 0 Å². The zero-order valence-electron chi connectivity index (χ0n) is 9.76. The fourth-order valence-corrected chi connectivity index (χ4v) is 3.33. The van der Waals surface area contributed by atoms with Gasteiger partial charge in [0.25, 0.3) is 0 Å². The summed E-state index contributed by atoms with van der Waals surface area (Å²) in [6.07, 6.45) is 4.19. The van der Waals surface area contributed by atoms with Crippen LogP contribution in [0.4, 0.5) is 0 Å². The van der Waals surface area contributed by atoms with Gasteiger partial charge in [-0.2, -0.15) is 0 Å². The molecule has 2 fully saturated rings. The molecule has 3 aliphatic rings. The fourth-order valence-electron chi connectivity index (χ4n) is 3.33. The number of esters is 1. The average Bonchev–Trinajstić information content (AvgIpc) is 2.60. The summed E-state index contributed by atoms with van der Waals surface area (Å²) >= 11 is 0. The molecule has 2 spiro atoms. The summed E-state index contributed by atoms with van der Waals surface area (Å²) in [5.74, 6) is -0.257. The van der Waals surface area contributed by atoms with Crippen molar-refractivity contribution in [3.05, 3.63) is 11.1 Å². The summed E-state index contributed by atoms with van der Waals surface area (Å²) in [5, 5.41) is 0. The molecule has 1 atom stereocenters. The molecule has 0 unspecified atom stereocenters. The second kappa shape index (κ2) is 2.76. The molecule has 0 aromatic rings. The van der Waals surface area contributed by atoms with Crippen LogP contribution in [-0.4, -0.2) is 17.4 Å². The molecule has 1 saturated carbocycles. The van der Waals surface area contributed by atoms with Crippen molar-refractivity contribution >= 4 is 11.8 Å². The number of Topliss-reactive ketones (excluding diaryl/α,β-unsaturated/α-hetero) is 1. The second-order valence-corrected chi connectivity index (χ2v) is 5.60. The van der Waals surface area contributed by atoms with E-state index < -0.39 is 5.41 Å². The lowest BCUT2D eigenvalue weighted by Gasteiger charge is -2.36. The highest BCUT2D eigenvalue weighted by molar-refractivity contribution is 6.15. The van der Waals surface area contributed by atoms with Gasteiger partial charge in [0.1, 0.15) is 11.0 Å². The van der Waals surface area contributed by atoms with Gasteiger partial charge in [0.15, 0.2) is 5.78 Å². The first kappa shape index (κ1) is 10.1. The minimum absolute atomic E-state index is 0.0128. The monoisotopic (exact) mass is 220 g/mol. The highest BCUT2D eigenvalue weighted by Crippen LogP contribution is 2.56. The average molecular weight is 220 g/mol. The van der Waals surface area contributed by atoms with Gasteiger partial charge in [0.2, 0.25) is 0 Å². The summed E-state index contributed by atoms with van der Waals surface area (Å²) in [5.41, 5.74) is 0.707. The van der Waals surface area contributed by atoms with Crippen LogP contribution in [0.3, 0.4) is 0 Å². The molecule has 1 saturated heterocycles. The molecule has 0 radical (unpaired) electrons. The van der Waals surface area contributed by atoms with E-state index in [0.717, 1.165) is 30.4 Å². The Kier molecular flexibility index (Phi) is 1.74. The van der Waals surface area contributed by atoms with Crippen molar-refractivity contribution < 1.29 is 14.3 Å². The Labute approximate surface area is 94.8 Å². The van der Waals surface area contributed by atoms with Gasteiger partial charge in [-0.3, -0.25) is 9.59 Å². The Balaban J connectivity index is 1.97. The van der Waals surface area contributed by atoms with Crippen LogP contribution < -0.4 is 0 Å². The van der Waals surface area contributed by atoms with Gasteiger partial charge in [0.05, 0.1) is 0 Å². The van der Waals surface area contributed by atoms with E-state index in [-0.39, 0.29) is 17.4 Å². The van der Waals surface area contributed by atoms with E-state index >= 15 is 0 Å². The molecule has 1 aliphatic heterocycles. The molecule has 86 valence electrons. The zero-order valence-corrected chi connectivity index (χ0v) is 9.76. The number of allylic oxidation sites excluding steroid dienone is 2. The van der Waals surface area contributed by atoms with E-state index in [1.54, 1.807) is 0 Å². The maximum atomic E-state index is 12.2. The van der Waals surface area contributed by atoms with Crippen LogP contribution >= 0.6 is 0 Å². The van der Waals surface area contributed by atoms with Gasteiger partial charge in [-0.25, -0.2) is 0 Å². The number of rotatable bonds is 0. The first-order chi connectivity index (χ1) is 7.49. The smallest absolute Gasteiger partial charge is 0.321 e. The van der Waals surface area contributed by atoms with Gasteiger partial charge < -0.3 is 4.74 Å². The summed E-state index contributed by atoms with van der Waals surface area (Å²) in [6, 6.07) is 0. The summed E-state index contributed by atoms with van der Waals surface area (Å²) in [6.45, 7) is 3.77. The summed E-state index contributed by atoms with van der Waals surface area (Å²) in [4.78, 5) is 24.3. The molecular formula is C13H16O3. The Bertz CT molecular complexity index is 428. The van der Waals surface area contributed by atoms with Gasteiger partial charge >= 0.3 is 5.97 Å². The van der Waals surface area contributed by atoms with Crippen LogP contribution in [0.5, 0.6) is 0 Å². The predicted octanol–water partition coefficient (Wildman–Crippen LogP) is 2.15. The molecule has 3 rings (SSSR count). The van der Waals surface area contributed by atoms with Gasteiger partial charge in [-0.05, 0) is 45.1 Å². The van der Waals surface area contributed by atoms with Crippen molar-refractivity contribution in [2.24, 2.45) is 5.41 Å². The van der Waals surface area contributed by atoms with Crippen LogP contribution in [0.2, 0.25) is 0 Å². The van der Waals surface area contributed by atoms with E-state index in [1.807, 2.05) is 13.8 Å². The number of hydrogen-bond donors (Lipinski definition) is 0. The fraction of sp³-hybridized carbons (Fsp3) is 0.692. The van der Waals surface area contributed by atoms with Crippen LogP contribution in [0.15, 0.2) is 11.1 Å². The third-order valence-corrected chi connectivity index (χ3v) is 4.57. The second-order valence-electron chi connectivity index (χ2n) is 5.60. The summed E-state index contributed by atoms with van der Waals surface area (Å²) < 4.78 is 5.50. The maximum absolute atomic E-state index is 12.2. The van der Waals surface area contributed by atoms with Gasteiger partial charge in [0, 0.05) is 6.42 Å². The molecule has 0 bridgehead atoms. The highest BCUT2D eigenvalue weighted by Gasteiger charge is 2.64. The minimum atomic E-state index is -0.839. The van der Waals surface area contributed by atoms with Crippen molar-refractivity contribution in [2.75, 3.05) is 0 Å². The van der Waals surface area contributed by atoms with Crippen LogP contribution in [0, 0.1) is 5.41 Å². The van der Waals surface area contributed by atoms with Crippen molar-refractivity contribution in [3.63, 3.8) is 0 Å². The number of carbonyl (C=O) groups excluding carboxylic acids is 2. The van der Waals surface area contributed by atoms with E-state index in [2.05, 4.69) is 0 Å². The molecule has 3 heteroatoms. The maximum Gasteiger partial charge on any atom is 0.321 e. The highest BCUT2D eigenvalue weighted by atomic mass is 16.6. The molecule has 3 nitrogen and oxygen atoms in total. The molecule has 0 amide bonds. The molecule has 0 aromatic heterocycles. The normalized spacial score (nSPS) is 36.1. The van der Waals surface area contributed by atoms with Crippen molar-refractivity contribution in [2.45, 2.75) is 51.6 Å². The van der Waals surface area contributed by atoms with Crippen molar-refractivity contribution in [1.82, 2.24) is 0 Å². The third kappa shape index (κ3) is 0.989. The van der Waals surface area contributed by atoms with E-state index in [9.17, 15) is 9.59 Å². The topological polar surface area (TPSA) is 43.4 Å². The Hall–Kier alpha value is -1.12. The number of carbonyl (C=O) groups is 2. The lowest BCUT2D eigenvalue weighted by molar-refractivity contribution is -0.160. The first-order valence-electron chi connectivity index (χ1n) is 5.94. The van der Waals surface area contributed by atoms with Crippen molar-refractivity contribution in [1.29, 1.82) is 0 Å². The third-order valence-electron chi connectivity index (χ3n) is 4.57. The quantitative estimate of drug-likeness (QED) is 0.464. The van der Waals surface area contributed by atoms with Gasteiger partial charge in [-0.1, -0.05) is 5.57 Å². The first-order valence-corrected chi connectivity index (χ1v) is 5.94. The number of ether oxygens (including phenoxy) is 1. The molecule has 1 heterocycles. The summed E-state index contributed by atoms with van der Waals surface area (Å²) in [7, 11) is 0. The van der Waals surface area contributed by atoms with E-state index in [1.165, 1.54) is 0 Å². The Morgan fingerprint density at radius 3 is 2.25 bits per heavy atom. The Morgan fingerprint density at radius 2 is 1.88 bits per heavy atom. The standard InChI is InChI=1S/C13H16O3/c1-8-6-13(10(14)9(8)2)7-12(4-3-5-12)16-11(13)15/h3-7H2,1-2H3/t13-/m1/s1. The lowest BCUT2D eigenvalue weighted by atomic mass is 9.69. The zero-order chi connectivity index (χ0) is 11.6. The van der Waals surface area contributed by atoms with Crippen LogP contribution in [0.25, 0.3) is 0 Å². The van der Waals surface area contributed by atoms with E-state index in [4.69, 9.17) is 4.74 Å². The molecule has 2 aliphatic carbocycles. The molecular weight excluding hydrogens is 204 g/mol. The Morgan fingerprint density at radius 1 is 1.19 bits per heavy atom. The molecule has 0 aromatic carbocycles. The largest absolute Gasteiger partial charge is 0.458 e. The molecule has 16 heavy (non-hydrogen) atoms. The SMILES string of the molecule is CC1=C(C)C(=O)[C@@]2(C1)CC1(CCC1)OC2=O. The predicted molar refractivity (Wildman–Crippen MR) is 57.7 cm³/mol. The van der Waals surface area contributed by atoms with E-state index in [0.29, 0.717) is 12.8 Å². The minimum Gasteiger partial charge on any atom is -0.458 e. The number of hydrogen-bond acceptors (Lipinski definition) is 3. The molecule has 0 N–H and O–H groups in total. The number of ketones is 1. The van der Waals surface area contributed by atoms with Crippen LogP contribution in [0.1, 0.15) is 46.0 Å². The lowest BCUT2D eigenvalue weighted by Crippen LogP contribution is -2.38.